The molecule has 1 saturated heterocycles. The van der Waals surface area contributed by atoms with Gasteiger partial charge in [0.05, 0.1) is 6.61 Å². The molecular formula is C15H18N2O5. The molecule has 0 unspecified atom stereocenters. The summed E-state index contributed by atoms with van der Waals surface area (Å²) in [5.74, 6) is 0.522. The number of benzene rings is 1. The maximum absolute atomic E-state index is 10.9. The van der Waals surface area contributed by atoms with Crippen molar-refractivity contribution in [1.82, 2.24) is 10.1 Å². The monoisotopic (exact) mass is 306 g/mol. The molecule has 0 amide bonds. The van der Waals surface area contributed by atoms with Crippen molar-refractivity contribution in [3.8, 4) is 11.5 Å². The van der Waals surface area contributed by atoms with Crippen LogP contribution in [-0.2, 0) is 19.8 Å². The number of hydrogen-bond acceptors (Lipinski definition) is 7. The Labute approximate surface area is 127 Å². The van der Waals surface area contributed by atoms with E-state index in [2.05, 4.69) is 10.1 Å². The largest absolute Gasteiger partial charge is 0.379 e. The van der Waals surface area contributed by atoms with Crippen molar-refractivity contribution in [3.05, 3.63) is 36.2 Å². The van der Waals surface area contributed by atoms with Crippen LogP contribution in [0.3, 0.4) is 0 Å². The van der Waals surface area contributed by atoms with Crippen molar-refractivity contribution in [1.29, 1.82) is 0 Å². The minimum Gasteiger partial charge on any atom is -0.379 e. The Balaban J connectivity index is 1.91. The molecule has 1 aliphatic rings. The van der Waals surface area contributed by atoms with Crippen LogP contribution in [0.1, 0.15) is 12.2 Å². The van der Waals surface area contributed by atoms with E-state index in [9.17, 15) is 5.11 Å². The molecule has 7 nitrogen and oxygen atoms in total. The van der Waals surface area contributed by atoms with Gasteiger partial charge in [-0.1, -0.05) is 23.4 Å². The van der Waals surface area contributed by atoms with Gasteiger partial charge in [0, 0.05) is 26.2 Å². The summed E-state index contributed by atoms with van der Waals surface area (Å²) in [7, 11) is 2.98. The summed E-state index contributed by atoms with van der Waals surface area (Å²) < 4.78 is 21.2. The van der Waals surface area contributed by atoms with Crippen molar-refractivity contribution in [2.24, 2.45) is 0 Å². The van der Waals surface area contributed by atoms with Gasteiger partial charge >= 0.3 is 0 Å². The zero-order chi connectivity index (χ0) is 15.6. The molecule has 0 bridgehead atoms. The summed E-state index contributed by atoms with van der Waals surface area (Å²) in [5, 5.41) is 14.9. The number of aromatic nitrogens is 2. The predicted molar refractivity (Wildman–Crippen MR) is 75.8 cm³/mol. The number of rotatable bonds is 5. The van der Waals surface area contributed by atoms with Crippen LogP contribution in [0.25, 0.3) is 11.5 Å². The Morgan fingerprint density at radius 3 is 2.68 bits per heavy atom. The van der Waals surface area contributed by atoms with Crippen molar-refractivity contribution < 1.29 is 23.8 Å². The summed E-state index contributed by atoms with van der Waals surface area (Å²) in [6, 6.07) is 9.37. The molecule has 2 aromatic rings. The van der Waals surface area contributed by atoms with Gasteiger partial charge in [-0.15, -0.1) is 0 Å². The third-order valence-electron chi connectivity index (χ3n) is 3.80. The standard InChI is InChI=1S/C15H18N2O5/c1-19-13(20-2)11-15(18,8-9-21-11)14-16-12(22-17-14)10-6-4-3-5-7-10/h3-7,11,13,18H,8-9H2,1-2H3/t11-,15-/m0/s1. The molecular weight excluding hydrogens is 288 g/mol. The van der Waals surface area contributed by atoms with Gasteiger partial charge in [-0.3, -0.25) is 0 Å². The van der Waals surface area contributed by atoms with E-state index in [1.807, 2.05) is 30.3 Å². The van der Waals surface area contributed by atoms with Gasteiger partial charge in [-0.05, 0) is 12.1 Å². The molecule has 1 aliphatic heterocycles. The normalized spacial score (nSPS) is 25.0. The zero-order valence-corrected chi connectivity index (χ0v) is 12.4. The molecule has 2 atom stereocenters. The topological polar surface area (TPSA) is 86.8 Å². The van der Waals surface area contributed by atoms with Crippen LogP contribution in [-0.4, -0.2) is 48.5 Å². The Morgan fingerprint density at radius 2 is 2.00 bits per heavy atom. The highest BCUT2D eigenvalue weighted by atomic mass is 16.7. The Bertz CT molecular complexity index is 613. The second-order valence-corrected chi connectivity index (χ2v) is 5.09. The quantitative estimate of drug-likeness (QED) is 0.834. The zero-order valence-electron chi connectivity index (χ0n) is 12.4. The summed E-state index contributed by atoms with van der Waals surface area (Å²) in [6.07, 6.45) is -1.09. The molecule has 1 N–H and O–H groups in total. The number of aliphatic hydroxyl groups is 1. The molecule has 0 spiro atoms. The smallest absolute Gasteiger partial charge is 0.258 e. The first-order valence-electron chi connectivity index (χ1n) is 6.98. The van der Waals surface area contributed by atoms with Gasteiger partial charge in [0.15, 0.2) is 11.9 Å². The highest BCUT2D eigenvalue weighted by Gasteiger charge is 2.52. The first-order valence-corrected chi connectivity index (χ1v) is 6.98. The van der Waals surface area contributed by atoms with Crippen LogP contribution >= 0.6 is 0 Å². The fourth-order valence-corrected chi connectivity index (χ4v) is 2.61. The van der Waals surface area contributed by atoms with E-state index in [0.717, 1.165) is 5.56 Å². The SMILES string of the molecule is COC(OC)[C@@H]1OCC[C@@]1(O)c1noc(-c2ccccc2)n1. The lowest BCUT2D eigenvalue weighted by molar-refractivity contribution is -0.210. The van der Waals surface area contributed by atoms with Crippen LogP contribution in [0.5, 0.6) is 0 Å². The number of nitrogens with zero attached hydrogens (tertiary/aromatic N) is 2. The number of ether oxygens (including phenoxy) is 3. The maximum Gasteiger partial charge on any atom is 0.258 e. The molecule has 1 aromatic carbocycles. The van der Waals surface area contributed by atoms with Crippen molar-refractivity contribution in [3.63, 3.8) is 0 Å². The first-order chi connectivity index (χ1) is 10.7. The molecule has 3 rings (SSSR count). The fraction of sp³-hybridized carbons (Fsp3) is 0.467. The van der Waals surface area contributed by atoms with E-state index in [1.54, 1.807) is 0 Å². The Morgan fingerprint density at radius 1 is 1.27 bits per heavy atom. The molecule has 0 saturated carbocycles. The van der Waals surface area contributed by atoms with Crippen molar-refractivity contribution in [2.45, 2.75) is 24.4 Å². The molecule has 22 heavy (non-hydrogen) atoms. The second-order valence-electron chi connectivity index (χ2n) is 5.09. The molecule has 1 fully saturated rings. The summed E-state index contributed by atoms with van der Waals surface area (Å²) in [6.45, 7) is 0.361. The van der Waals surface area contributed by atoms with Gasteiger partial charge < -0.3 is 23.8 Å². The van der Waals surface area contributed by atoms with Gasteiger partial charge in [-0.2, -0.15) is 4.98 Å². The van der Waals surface area contributed by atoms with E-state index in [0.29, 0.717) is 18.9 Å². The Kier molecular flexibility index (Phi) is 4.21. The summed E-state index contributed by atoms with van der Waals surface area (Å²) >= 11 is 0. The fourth-order valence-electron chi connectivity index (χ4n) is 2.61. The van der Waals surface area contributed by atoms with E-state index in [-0.39, 0.29) is 5.82 Å². The van der Waals surface area contributed by atoms with E-state index < -0.39 is 18.0 Å². The minimum absolute atomic E-state index is 0.174. The third kappa shape index (κ3) is 2.52. The van der Waals surface area contributed by atoms with Gasteiger partial charge in [0.2, 0.25) is 5.82 Å². The van der Waals surface area contributed by atoms with Crippen molar-refractivity contribution >= 4 is 0 Å². The predicted octanol–water partition coefficient (Wildman–Crippen LogP) is 1.33. The lowest BCUT2D eigenvalue weighted by Gasteiger charge is -2.29. The first kappa shape index (κ1) is 15.1. The second kappa shape index (κ2) is 6.13. The molecule has 118 valence electrons. The lowest BCUT2D eigenvalue weighted by atomic mass is 9.94. The van der Waals surface area contributed by atoms with Crippen LogP contribution < -0.4 is 0 Å². The van der Waals surface area contributed by atoms with Gasteiger partial charge in [-0.25, -0.2) is 0 Å². The van der Waals surface area contributed by atoms with Gasteiger partial charge in [0.25, 0.3) is 5.89 Å². The average molecular weight is 306 g/mol. The van der Waals surface area contributed by atoms with Crippen LogP contribution in [0, 0.1) is 0 Å². The molecule has 0 radical (unpaired) electrons. The lowest BCUT2D eigenvalue weighted by Crippen LogP contribution is -2.45. The van der Waals surface area contributed by atoms with E-state index >= 15 is 0 Å². The van der Waals surface area contributed by atoms with E-state index in [1.165, 1.54) is 14.2 Å². The maximum atomic E-state index is 10.9. The van der Waals surface area contributed by atoms with E-state index in [4.69, 9.17) is 18.7 Å². The highest BCUT2D eigenvalue weighted by molar-refractivity contribution is 5.52. The Hall–Kier alpha value is -1.80. The molecule has 1 aromatic heterocycles. The average Bonchev–Trinajstić information content (AvgIpc) is 3.18. The third-order valence-corrected chi connectivity index (χ3v) is 3.80. The molecule has 7 heteroatoms. The van der Waals surface area contributed by atoms with Gasteiger partial charge in [0.1, 0.15) is 6.10 Å². The number of hydrogen-bond donors (Lipinski definition) is 1. The summed E-state index contributed by atoms with van der Waals surface area (Å²) in [5.41, 5.74) is -0.622. The molecule has 0 aliphatic carbocycles. The minimum atomic E-state index is -1.41. The van der Waals surface area contributed by atoms with Crippen LogP contribution in [0.15, 0.2) is 34.9 Å². The van der Waals surface area contributed by atoms with Crippen molar-refractivity contribution in [2.75, 3.05) is 20.8 Å². The number of methoxy groups -OCH3 is 2. The van der Waals surface area contributed by atoms with Crippen LogP contribution in [0.2, 0.25) is 0 Å². The summed E-state index contributed by atoms with van der Waals surface area (Å²) in [4.78, 5) is 4.32. The molecule has 2 heterocycles. The highest BCUT2D eigenvalue weighted by Crippen LogP contribution is 2.37. The van der Waals surface area contributed by atoms with Crippen LogP contribution in [0.4, 0.5) is 0 Å².